The average molecular weight is 227 g/mol. The van der Waals surface area contributed by atoms with Crippen molar-refractivity contribution in [3.05, 3.63) is 21.4 Å². The minimum atomic E-state index is 0.322. The third kappa shape index (κ3) is 4.78. The van der Waals surface area contributed by atoms with Crippen LogP contribution in [-0.4, -0.2) is 18.3 Å². The van der Waals surface area contributed by atoms with Gasteiger partial charge in [-0.3, -0.25) is 0 Å². The normalized spacial score (nSPS) is 10.9. The topological polar surface area (TPSA) is 32.3 Å². The molecule has 0 aromatic carbocycles. The number of hydrogen-bond donors (Lipinski definition) is 2. The first kappa shape index (κ1) is 12.7. The molecule has 0 amide bonds. The third-order valence-electron chi connectivity index (χ3n) is 2.47. The Hall–Kier alpha value is -0.380. The second kappa shape index (κ2) is 6.99. The summed E-state index contributed by atoms with van der Waals surface area (Å²) in [6, 6.07) is 2.26. The first-order valence-corrected chi connectivity index (χ1v) is 6.43. The van der Waals surface area contributed by atoms with Crippen molar-refractivity contribution in [3.63, 3.8) is 0 Å². The van der Waals surface area contributed by atoms with Crippen LogP contribution in [0.2, 0.25) is 0 Å². The fourth-order valence-electron chi connectivity index (χ4n) is 1.62. The third-order valence-corrected chi connectivity index (χ3v) is 3.48. The lowest BCUT2D eigenvalue weighted by molar-refractivity contribution is 0.283. The van der Waals surface area contributed by atoms with Gasteiger partial charge in [0.1, 0.15) is 0 Å². The van der Waals surface area contributed by atoms with Crippen LogP contribution in [0.5, 0.6) is 0 Å². The summed E-state index contributed by atoms with van der Waals surface area (Å²) in [6.45, 7) is 6.69. The lowest BCUT2D eigenvalue weighted by Crippen LogP contribution is -2.14. The van der Waals surface area contributed by atoms with E-state index < -0.39 is 0 Å². The van der Waals surface area contributed by atoms with Crippen molar-refractivity contribution in [1.82, 2.24) is 5.32 Å². The Kier molecular flexibility index (Phi) is 5.91. The molecule has 1 aromatic heterocycles. The zero-order valence-corrected chi connectivity index (χ0v) is 10.5. The molecule has 0 unspecified atom stereocenters. The summed E-state index contributed by atoms with van der Waals surface area (Å²) < 4.78 is 0. The molecule has 1 aromatic rings. The molecule has 0 aliphatic carbocycles. The zero-order chi connectivity index (χ0) is 11.1. The number of aliphatic hydroxyl groups excluding tert-OH is 1. The van der Waals surface area contributed by atoms with Crippen LogP contribution in [0.15, 0.2) is 6.07 Å². The predicted octanol–water partition coefficient (Wildman–Crippen LogP) is 2.62. The van der Waals surface area contributed by atoms with E-state index in [1.807, 2.05) is 11.3 Å². The van der Waals surface area contributed by atoms with Gasteiger partial charge in [-0.2, -0.15) is 0 Å². The highest BCUT2D eigenvalue weighted by molar-refractivity contribution is 7.12. The van der Waals surface area contributed by atoms with Crippen molar-refractivity contribution in [2.24, 2.45) is 0 Å². The number of hydrogen-bond acceptors (Lipinski definition) is 3. The van der Waals surface area contributed by atoms with E-state index in [1.165, 1.54) is 15.3 Å². The van der Waals surface area contributed by atoms with Gasteiger partial charge >= 0.3 is 0 Å². The van der Waals surface area contributed by atoms with E-state index >= 15 is 0 Å². The predicted molar refractivity (Wildman–Crippen MR) is 66.4 cm³/mol. The lowest BCUT2D eigenvalue weighted by Gasteiger charge is -2.03. The fourth-order valence-corrected chi connectivity index (χ4v) is 2.57. The maximum absolute atomic E-state index is 8.62. The van der Waals surface area contributed by atoms with Crippen LogP contribution in [0.25, 0.3) is 0 Å². The van der Waals surface area contributed by atoms with Gasteiger partial charge in [-0.1, -0.05) is 0 Å². The number of unbranched alkanes of at least 4 members (excludes halogenated alkanes) is 2. The standard InChI is InChI=1S/C12H21NOS/c1-10-8-12(11(2)15-10)9-13-6-4-3-5-7-14/h8,13-14H,3-7,9H2,1-2H3. The van der Waals surface area contributed by atoms with Crippen molar-refractivity contribution >= 4 is 11.3 Å². The number of aryl methyl sites for hydroxylation is 2. The first-order chi connectivity index (χ1) is 7.24. The number of thiophene rings is 1. The van der Waals surface area contributed by atoms with Crippen molar-refractivity contribution in [3.8, 4) is 0 Å². The van der Waals surface area contributed by atoms with Gasteiger partial charge in [0, 0.05) is 22.9 Å². The Morgan fingerprint density at radius 3 is 2.67 bits per heavy atom. The molecule has 2 nitrogen and oxygen atoms in total. The maximum atomic E-state index is 8.62. The van der Waals surface area contributed by atoms with Gasteiger partial charge in [-0.25, -0.2) is 0 Å². The van der Waals surface area contributed by atoms with Crippen molar-refractivity contribution in [2.75, 3.05) is 13.2 Å². The first-order valence-electron chi connectivity index (χ1n) is 5.61. The summed E-state index contributed by atoms with van der Waals surface area (Å²) in [6.07, 6.45) is 3.20. The van der Waals surface area contributed by atoms with E-state index in [1.54, 1.807) is 0 Å². The highest BCUT2D eigenvalue weighted by Crippen LogP contribution is 2.20. The van der Waals surface area contributed by atoms with Crippen LogP contribution in [0.1, 0.15) is 34.6 Å². The van der Waals surface area contributed by atoms with Gasteiger partial charge in [0.25, 0.3) is 0 Å². The van der Waals surface area contributed by atoms with Gasteiger partial charge in [-0.15, -0.1) is 11.3 Å². The molecule has 15 heavy (non-hydrogen) atoms. The molecule has 0 atom stereocenters. The summed E-state index contributed by atoms with van der Waals surface area (Å²) in [5, 5.41) is 12.1. The molecule has 0 fully saturated rings. The summed E-state index contributed by atoms with van der Waals surface area (Å²) in [5.74, 6) is 0. The molecule has 1 rings (SSSR count). The molecule has 0 saturated heterocycles. The van der Waals surface area contributed by atoms with Crippen LogP contribution < -0.4 is 5.32 Å². The number of nitrogens with one attached hydrogen (secondary N) is 1. The SMILES string of the molecule is Cc1cc(CNCCCCCO)c(C)s1. The van der Waals surface area contributed by atoms with Crippen molar-refractivity contribution in [2.45, 2.75) is 39.7 Å². The van der Waals surface area contributed by atoms with Crippen LogP contribution in [0.3, 0.4) is 0 Å². The van der Waals surface area contributed by atoms with Crippen molar-refractivity contribution < 1.29 is 5.11 Å². The molecule has 0 aliphatic rings. The average Bonchev–Trinajstić information content (AvgIpc) is 2.51. The Bertz CT molecular complexity index is 283. The van der Waals surface area contributed by atoms with E-state index in [0.29, 0.717) is 6.61 Å². The summed E-state index contributed by atoms with van der Waals surface area (Å²) in [5.41, 5.74) is 1.43. The van der Waals surface area contributed by atoms with Gasteiger partial charge in [0.05, 0.1) is 0 Å². The zero-order valence-electron chi connectivity index (χ0n) is 9.68. The van der Waals surface area contributed by atoms with Gasteiger partial charge in [0.2, 0.25) is 0 Å². The lowest BCUT2D eigenvalue weighted by atomic mass is 10.2. The maximum Gasteiger partial charge on any atom is 0.0431 e. The van der Waals surface area contributed by atoms with E-state index in [0.717, 1.165) is 32.4 Å². The Labute approximate surface area is 96.3 Å². The molecule has 0 aliphatic heterocycles. The minimum absolute atomic E-state index is 0.322. The molecule has 86 valence electrons. The number of rotatable bonds is 7. The van der Waals surface area contributed by atoms with Crippen LogP contribution in [0.4, 0.5) is 0 Å². The van der Waals surface area contributed by atoms with Crippen LogP contribution in [0, 0.1) is 13.8 Å². The van der Waals surface area contributed by atoms with E-state index in [9.17, 15) is 0 Å². The van der Waals surface area contributed by atoms with Gasteiger partial charge in [-0.05, 0) is 51.3 Å². The van der Waals surface area contributed by atoms with Crippen LogP contribution >= 0.6 is 11.3 Å². The van der Waals surface area contributed by atoms with E-state index in [2.05, 4.69) is 25.2 Å². The summed E-state index contributed by atoms with van der Waals surface area (Å²) in [4.78, 5) is 2.82. The molecular weight excluding hydrogens is 206 g/mol. The molecule has 0 radical (unpaired) electrons. The molecule has 1 heterocycles. The molecule has 2 N–H and O–H groups in total. The monoisotopic (exact) mass is 227 g/mol. The molecule has 0 saturated carbocycles. The van der Waals surface area contributed by atoms with Crippen molar-refractivity contribution in [1.29, 1.82) is 0 Å². The fraction of sp³-hybridized carbons (Fsp3) is 0.667. The molecule has 0 bridgehead atoms. The van der Waals surface area contributed by atoms with Gasteiger partial charge in [0.15, 0.2) is 0 Å². The van der Waals surface area contributed by atoms with E-state index in [4.69, 9.17) is 5.11 Å². The Morgan fingerprint density at radius 1 is 1.27 bits per heavy atom. The molecule has 3 heteroatoms. The molecule has 0 spiro atoms. The van der Waals surface area contributed by atoms with Gasteiger partial charge < -0.3 is 10.4 Å². The largest absolute Gasteiger partial charge is 0.396 e. The second-order valence-electron chi connectivity index (χ2n) is 3.90. The second-order valence-corrected chi connectivity index (χ2v) is 5.36. The quantitative estimate of drug-likeness (QED) is 0.702. The highest BCUT2D eigenvalue weighted by atomic mass is 32.1. The van der Waals surface area contributed by atoms with E-state index in [-0.39, 0.29) is 0 Å². The number of aliphatic hydroxyl groups is 1. The minimum Gasteiger partial charge on any atom is -0.396 e. The summed E-state index contributed by atoms with van der Waals surface area (Å²) >= 11 is 1.87. The Morgan fingerprint density at radius 2 is 2.07 bits per heavy atom. The highest BCUT2D eigenvalue weighted by Gasteiger charge is 2.01. The Balaban J connectivity index is 2.12. The molecular formula is C12H21NOS. The van der Waals surface area contributed by atoms with Crippen LogP contribution in [-0.2, 0) is 6.54 Å². The summed E-state index contributed by atoms with van der Waals surface area (Å²) in [7, 11) is 0. The smallest absolute Gasteiger partial charge is 0.0431 e.